The maximum absolute atomic E-state index is 5.45. The fraction of sp³-hybridized carbons (Fsp3) is 0.308. The highest BCUT2D eigenvalue weighted by atomic mass is 16.5. The fourth-order valence-corrected chi connectivity index (χ4v) is 1.57. The summed E-state index contributed by atoms with van der Waals surface area (Å²) in [6, 6.07) is 7.79. The van der Waals surface area contributed by atoms with Gasteiger partial charge in [-0.15, -0.1) is 0 Å². The van der Waals surface area contributed by atoms with E-state index in [0.717, 1.165) is 17.0 Å². The summed E-state index contributed by atoms with van der Waals surface area (Å²) in [5.74, 6) is 1.54. The van der Waals surface area contributed by atoms with E-state index in [1.807, 2.05) is 31.2 Å². The van der Waals surface area contributed by atoms with E-state index in [-0.39, 0.29) is 0 Å². The summed E-state index contributed by atoms with van der Waals surface area (Å²) in [6.07, 6.45) is 2.32. The molecule has 0 spiro atoms. The molecule has 1 aromatic heterocycles. The first-order valence-electron chi connectivity index (χ1n) is 5.71. The second kappa shape index (κ2) is 5.50. The van der Waals surface area contributed by atoms with E-state index in [9.17, 15) is 0 Å². The molecule has 0 bridgehead atoms. The minimum atomic E-state index is 0.545. The van der Waals surface area contributed by atoms with Crippen molar-refractivity contribution in [3.63, 3.8) is 0 Å². The Morgan fingerprint density at radius 1 is 1.29 bits per heavy atom. The van der Waals surface area contributed by atoms with Gasteiger partial charge in [0.1, 0.15) is 17.7 Å². The Kier molecular flexibility index (Phi) is 3.77. The van der Waals surface area contributed by atoms with Crippen LogP contribution in [0.3, 0.4) is 0 Å². The Morgan fingerprint density at radius 2 is 2.06 bits per heavy atom. The highest BCUT2D eigenvalue weighted by Crippen LogP contribution is 2.21. The van der Waals surface area contributed by atoms with Crippen LogP contribution in [0.5, 0.6) is 5.75 Å². The van der Waals surface area contributed by atoms with E-state index in [0.29, 0.717) is 25.5 Å². The van der Waals surface area contributed by atoms with Crippen molar-refractivity contribution in [2.24, 2.45) is 5.73 Å². The molecular formula is C13H16N2O2. The van der Waals surface area contributed by atoms with Crippen molar-refractivity contribution >= 4 is 0 Å². The molecular weight excluding hydrogens is 216 g/mol. The smallest absolute Gasteiger partial charge is 0.195 e. The van der Waals surface area contributed by atoms with Crippen LogP contribution in [0.1, 0.15) is 12.8 Å². The van der Waals surface area contributed by atoms with Gasteiger partial charge in [-0.1, -0.05) is 0 Å². The van der Waals surface area contributed by atoms with Crippen LogP contribution in [-0.4, -0.2) is 18.1 Å². The zero-order chi connectivity index (χ0) is 12.1. The molecule has 1 aromatic carbocycles. The number of hydrogen-bond donors (Lipinski definition) is 1. The SMILES string of the molecule is CCOc1ccc(-c2coc(CCN)n2)cc1. The third-order valence-electron chi connectivity index (χ3n) is 2.37. The summed E-state index contributed by atoms with van der Waals surface area (Å²) >= 11 is 0. The molecule has 2 N–H and O–H groups in total. The first kappa shape index (κ1) is 11.7. The molecule has 0 saturated heterocycles. The van der Waals surface area contributed by atoms with Gasteiger partial charge in [0.05, 0.1) is 6.61 Å². The fourth-order valence-electron chi connectivity index (χ4n) is 1.57. The molecule has 0 saturated carbocycles. The molecule has 0 radical (unpaired) electrons. The van der Waals surface area contributed by atoms with Gasteiger partial charge in [-0.25, -0.2) is 4.98 Å². The third kappa shape index (κ3) is 2.85. The highest BCUT2D eigenvalue weighted by Gasteiger charge is 2.05. The molecule has 4 heteroatoms. The van der Waals surface area contributed by atoms with Gasteiger partial charge in [0, 0.05) is 18.5 Å². The molecule has 0 aliphatic heterocycles. The Hall–Kier alpha value is -1.81. The van der Waals surface area contributed by atoms with Crippen molar-refractivity contribution in [1.82, 2.24) is 4.98 Å². The predicted molar refractivity (Wildman–Crippen MR) is 65.9 cm³/mol. The number of aromatic nitrogens is 1. The van der Waals surface area contributed by atoms with Gasteiger partial charge in [-0.05, 0) is 31.2 Å². The van der Waals surface area contributed by atoms with Gasteiger partial charge >= 0.3 is 0 Å². The Balaban J connectivity index is 2.15. The third-order valence-corrected chi connectivity index (χ3v) is 2.37. The van der Waals surface area contributed by atoms with Crippen LogP contribution in [-0.2, 0) is 6.42 Å². The lowest BCUT2D eigenvalue weighted by molar-refractivity contribution is 0.340. The van der Waals surface area contributed by atoms with Crippen LogP contribution in [0.15, 0.2) is 34.9 Å². The van der Waals surface area contributed by atoms with E-state index < -0.39 is 0 Å². The molecule has 2 rings (SSSR count). The summed E-state index contributed by atoms with van der Waals surface area (Å²) in [5.41, 5.74) is 7.29. The predicted octanol–water partition coefficient (Wildman–Crippen LogP) is 2.24. The zero-order valence-corrected chi connectivity index (χ0v) is 9.85. The molecule has 0 fully saturated rings. The van der Waals surface area contributed by atoms with Crippen LogP contribution in [0.25, 0.3) is 11.3 Å². The van der Waals surface area contributed by atoms with E-state index >= 15 is 0 Å². The average molecular weight is 232 g/mol. The van der Waals surface area contributed by atoms with Gasteiger partial charge in [-0.3, -0.25) is 0 Å². The van der Waals surface area contributed by atoms with Crippen molar-refractivity contribution in [3.05, 3.63) is 36.4 Å². The molecule has 0 aliphatic carbocycles. The van der Waals surface area contributed by atoms with Gasteiger partial charge < -0.3 is 14.9 Å². The Labute approximate surface area is 100 Å². The molecule has 90 valence electrons. The number of rotatable bonds is 5. The summed E-state index contributed by atoms with van der Waals surface area (Å²) < 4.78 is 10.7. The lowest BCUT2D eigenvalue weighted by Gasteiger charge is -2.02. The molecule has 0 unspecified atom stereocenters. The van der Waals surface area contributed by atoms with Gasteiger partial charge in [0.2, 0.25) is 0 Å². The first-order chi connectivity index (χ1) is 8.33. The lowest BCUT2D eigenvalue weighted by atomic mass is 10.2. The number of nitrogens with zero attached hydrogens (tertiary/aromatic N) is 1. The largest absolute Gasteiger partial charge is 0.494 e. The summed E-state index contributed by atoms with van der Waals surface area (Å²) in [6.45, 7) is 3.18. The minimum Gasteiger partial charge on any atom is -0.494 e. The standard InChI is InChI=1S/C13H16N2O2/c1-2-16-11-5-3-10(4-6-11)12-9-17-13(15-12)7-8-14/h3-6,9H,2,7-8,14H2,1H3. The second-order valence-electron chi connectivity index (χ2n) is 3.62. The van der Waals surface area contributed by atoms with E-state index in [1.54, 1.807) is 6.26 Å². The van der Waals surface area contributed by atoms with E-state index in [1.165, 1.54) is 0 Å². The number of oxazole rings is 1. The Bertz CT molecular complexity index is 463. The van der Waals surface area contributed by atoms with Crippen LogP contribution in [0.4, 0.5) is 0 Å². The average Bonchev–Trinajstić information content (AvgIpc) is 2.80. The van der Waals surface area contributed by atoms with Crippen molar-refractivity contribution in [2.45, 2.75) is 13.3 Å². The molecule has 0 atom stereocenters. The normalized spacial score (nSPS) is 10.5. The highest BCUT2D eigenvalue weighted by molar-refractivity contribution is 5.58. The van der Waals surface area contributed by atoms with Crippen molar-refractivity contribution in [2.75, 3.05) is 13.2 Å². The number of benzene rings is 1. The molecule has 2 aromatic rings. The van der Waals surface area contributed by atoms with Crippen molar-refractivity contribution in [1.29, 1.82) is 0 Å². The summed E-state index contributed by atoms with van der Waals surface area (Å²) in [4.78, 5) is 4.36. The molecule has 0 amide bonds. The number of ether oxygens (including phenoxy) is 1. The molecule has 17 heavy (non-hydrogen) atoms. The molecule has 4 nitrogen and oxygen atoms in total. The maximum atomic E-state index is 5.45. The van der Waals surface area contributed by atoms with Crippen LogP contribution in [0.2, 0.25) is 0 Å². The summed E-state index contributed by atoms with van der Waals surface area (Å²) in [7, 11) is 0. The second-order valence-corrected chi connectivity index (χ2v) is 3.62. The van der Waals surface area contributed by atoms with Crippen LogP contribution in [0, 0.1) is 0 Å². The molecule has 1 heterocycles. The molecule has 0 aliphatic rings. The van der Waals surface area contributed by atoms with E-state index in [2.05, 4.69) is 4.98 Å². The topological polar surface area (TPSA) is 61.3 Å². The minimum absolute atomic E-state index is 0.545. The summed E-state index contributed by atoms with van der Waals surface area (Å²) in [5, 5.41) is 0. The van der Waals surface area contributed by atoms with Crippen LogP contribution >= 0.6 is 0 Å². The van der Waals surface area contributed by atoms with Gasteiger partial charge in [0.25, 0.3) is 0 Å². The Morgan fingerprint density at radius 3 is 2.71 bits per heavy atom. The maximum Gasteiger partial charge on any atom is 0.195 e. The zero-order valence-electron chi connectivity index (χ0n) is 9.85. The van der Waals surface area contributed by atoms with Gasteiger partial charge in [-0.2, -0.15) is 0 Å². The monoisotopic (exact) mass is 232 g/mol. The van der Waals surface area contributed by atoms with E-state index in [4.69, 9.17) is 14.9 Å². The lowest BCUT2D eigenvalue weighted by Crippen LogP contribution is -2.02. The van der Waals surface area contributed by atoms with Crippen molar-refractivity contribution < 1.29 is 9.15 Å². The first-order valence-corrected chi connectivity index (χ1v) is 5.71. The van der Waals surface area contributed by atoms with Crippen LogP contribution < -0.4 is 10.5 Å². The number of hydrogen-bond acceptors (Lipinski definition) is 4. The van der Waals surface area contributed by atoms with Crippen molar-refractivity contribution in [3.8, 4) is 17.0 Å². The number of nitrogens with two attached hydrogens (primary N) is 1. The van der Waals surface area contributed by atoms with Gasteiger partial charge in [0.15, 0.2) is 5.89 Å². The quantitative estimate of drug-likeness (QED) is 0.858.